The summed E-state index contributed by atoms with van der Waals surface area (Å²) in [5.74, 6) is 1.07. The summed E-state index contributed by atoms with van der Waals surface area (Å²) >= 11 is 5.22. The van der Waals surface area contributed by atoms with Crippen LogP contribution in [0.4, 0.5) is 5.82 Å². The minimum Gasteiger partial charge on any atom is -0.372 e. The summed E-state index contributed by atoms with van der Waals surface area (Å²) in [6, 6.07) is 2.15. The lowest BCUT2D eigenvalue weighted by molar-refractivity contribution is 0.0760. The van der Waals surface area contributed by atoms with Crippen LogP contribution in [0.25, 0.3) is 0 Å². The van der Waals surface area contributed by atoms with E-state index in [2.05, 4.69) is 56.0 Å². The van der Waals surface area contributed by atoms with Crippen molar-refractivity contribution in [1.82, 2.24) is 14.9 Å². The third-order valence-corrected chi connectivity index (χ3v) is 6.33. The van der Waals surface area contributed by atoms with Crippen LogP contribution in [0.5, 0.6) is 0 Å². The van der Waals surface area contributed by atoms with E-state index in [1.54, 1.807) is 11.3 Å². The molecule has 136 valence electrons. The second kappa shape index (κ2) is 8.58. The predicted octanol–water partition coefficient (Wildman–Crippen LogP) is 4.03. The summed E-state index contributed by atoms with van der Waals surface area (Å²) in [6.45, 7) is 11.9. The van der Waals surface area contributed by atoms with Crippen molar-refractivity contribution in [1.29, 1.82) is 0 Å². The van der Waals surface area contributed by atoms with Gasteiger partial charge in [-0.25, -0.2) is 9.97 Å². The van der Waals surface area contributed by atoms with Crippen LogP contribution in [0.15, 0.2) is 22.1 Å². The number of hydrogen-bond donors (Lipinski definition) is 0. The molecule has 7 heteroatoms. The number of piperazine rings is 1. The van der Waals surface area contributed by atoms with Crippen molar-refractivity contribution in [3.05, 3.63) is 38.4 Å². The number of ether oxygens (including phenoxy) is 1. The molecular formula is C18H25BrN4OS. The molecule has 0 aromatic carbocycles. The van der Waals surface area contributed by atoms with Gasteiger partial charge in [0.2, 0.25) is 0 Å². The number of aromatic nitrogens is 2. The maximum atomic E-state index is 5.63. The van der Waals surface area contributed by atoms with Crippen LogP contribution < -0.4 is 4.90 Å². The largest absolute Gasteiger partial charge is 0.372 e. The molecule has 1 atom stereocenters. The van der Waals surface area contributed by atoms with Crippen molar-refractivity contribution < 1.29 is 4.74 Å². The first-order valence-electron chi connectivity index (χ1n) is 8.72. The third kappa shape index (κ3) is 4.78. The van der Waals surface area contributed by atoms with Gasteiger partial charge in [-0.05, 0) is 48.3 Å². The lowest BCUT2D eigenvalue weighted by Crippen LogP contribution is -2.46. The highest BCUT2D eigenvalue weighted by atomic mass is 79.9. The number of aryl methyl sites for hydroxylation is 1. The van der Waals surface area contributed by atoms with Crippen molar-refractivity contribution >= 4 is 33.1 Å². The topological polar surface area (TPSA) is 41.5 Å². The van der Waals surface area contributed by atoms with Crippen LogP contribution in [0.2, 0.25) is 0 Å². The molecule has 0 saturated carbocycles. The molecule has 5 nitrogen and oxygen atoms in total. The predicted molar refractivity (Wildman–Crippen MR) is 106 cm³/mol. The van der Waals surface area contributed by atoms with E-state index in [4.69, 9.17) is 9.72 Å². The zero-order chi connectivity index (χ0) is 17.8. The number of nitrogens with zero attached hydrogens (tertiary/aromatic N) is 4. The molecule has 1 saturated heterocycles. The highest BCUT2D eigenvalue weighted by molar-refractivity contribution is 9.10. The fourth-order valence-electron chi connectivity index (χ4n) is 2.96. The van der Waals surface area contributed by atoms with E-state index in [1.165, 1.54) is 5.56 Å². The monoisotopic (exact) mass is 424 g/mol. The zero-order valence-electron chi connectivity index (χ0n) is 15.0. The molecule has 0 radical (unpaired) electrons. The van der Waals surface area contributed by atoms with Gasteiger partial charge in [0, 0.05) is 55.4 Å². The minimum absolute atomic E-state index is 0.0901. The summed E-state index contributed by atoms with van der Waals surface area (Å²) in [5.41, 5.74) is 2.38. The van der Waals surface area contributed by atoms with E-state index >= 15 is 0 Å². The van der Waals surface area contributed by atoms with Gasteiger partial charge in [-0.3, -0.25) is 4.90 Å². The van der Waals surface area contributed by atoms with Crippen molar-refractivity contribution in [2.45, 2.75) is 33.4 Å². The molecule has 0 aliphatic carbocycles. The Hall–Kier alpha value is -1.02. The number of anilines is 1. The lowest BCUT2D eigenvalue weighted by atomic mass is 10.2. The molecule has 3 heterocycles. The Balaban J connectivity index is 1.53. The van der Waals surface area contributed by atoms with E-state index in [1.807, 2.05) is 13.1 Å². The smallest absolute Gasteiger partial charge is 0.128 e. The average molecular weight is 425 g/mol. The van der Waals surface area contributed by atoms with Gasteiger partial charge in [-0.15, -0.1) is 11.3 Å². The molecule has 1 fully saturated rings. The van der Waals surface area contributed by atoms with Gasteiger partial charge >= 0.3 is 0 Å². The van der Waals surface area contributed by atoms with E-state index in [0.717, 1.165) is 60.3 Å². The molecule has 2 aromatic rings. The first-order chi connectivity index (χ1) is 12.1. The Bertz CT molecular complexity index is 700. The molecule has 0 amide bonds. The summed E-state index contributed by atoms with van der Waals surface area (Å²) < 4.78 is 6.69. The molecule has 3 rings (SSSR count). The number of rotatable bonds is 6. The van der Waals surface area contributed by atoms with Gasteiger partial charge in [0.1, 0.15) is 16.9 Å². The van der Waals surface area contributed by atoms with Crippen LogP contribution in [0, 0.1) is 6.92 Å². The van der Waals surface area contributed by atoms with Gasteiger partial charge in [0.15, 0.2) is 0 Å². The van der Waals surface area contributed by atoms with Crippen molar-refractivity contribution in [2.24, 2.45) is 0 Å². The normalized spacial score (nSPS) is 17.0. The summed E-state index contributed by atoms with van der Waals surface area (Å²) in [5, 5.41) is 3.24. The molecule has 0 N–H and O–H groups in total. The second-order valence-electron chi connectivity index (χ2n) is 6.33. The molecule has 25 heavy (non-hydrogen) atoms. The number of pyridine rings is 1. The summed E-state index contributed by atoms with van der Waals surface area (Å²) in [4.78, 5) is 14.1. The Morgan fingerprint density at radius 2 is 2.08 bits per heavy atom. The SMILES string of the molecule is CCOC(C)c1nc(CN2CCN(c3cc(C)c(Br)cn3)CC2)cs1. The van der Waals surface area contributed by atoms with Crippen LogP contribution in [0.3, 0.4) is 0 Å². The van der Waals surface area contributed by atoms with E-state index in [-0.39, 0.29) is 6.10 Å². The van der Waals surface area contributed by atoms with Crippen LogP contribution in [0.1, 0.15) is 36.2 Å². The van der Waals surface area contributed by atoms with Crippen LogP contribution in [-0.2, 0) is 11.3 Å². The molecule has 0 spiro atoms. The van der Waals surface area contributed by atoms with Crippen LogP contribution in [-0.4, -0.2) is 47.7 Å². The first-order valence-corrected chi connectivity index (χ1v) is 10.4. The van der Waals surface area contributed by atoms with Crippen molar-refractivity contribution in [2.75, 3.05) is 37.7 Å². The molecule has 1 aliphatic rings. The maximum absolute atomic E-state index is 5.63. The molecule has 1 aliphatic heterocycles. The second-order valence-corrected chi connectivity index (χ2v) is 8.07. The van der Waals surface area contributed by atoms with Gasteiger partial charge in [-0.2, -0.15) is 0 Å². The Morgan fingerprint density at radius 3 is 2.76 bits per heavy atom. The van der Waals surface area contributed by atoms with Gasteiger partial charge in [0.25, 0.3) is 0 Å². The molecule has 2 aromatic heterocycles. The average Bonchev–Trinajstić information content (AvgIpc) is 3.07. The quantitative estimate of drug-likeness (QED) is 0.699. The summed E-state index contributed by atoms with van der Waals surface area (Å²) in [6.07, 6.45) is 1.99. The summed E-state index contributed by atoms with van der Waals surface area (Å²) in [7, 11) is 0. The Labute approximate surface area is 162 Å². The lowest BCUT2D eigenvalue weighted by Gasteiger charge is -2.35. The van der Waals surface area contributed by atoms with E-state index < -0.39 is 0 Å². The zero-order valence-corrected chi connectivity index (χ0v) is 17.4. The molecular weight excluding hydrogens is 400 g/mol. The number of hydrogen-bond acceptors (Lipinski definition) is 6. The Kier molecular flexibility index (Phi) is 6.44. The molecule has 0 bridgehead atoms. The Morgan fingerprint density at radius 1 is 1.32 bits per heavy atom. The highest BCUT2D eigenvalue weighted by Gasteiger charge is 2.20. The van der Waals surface area contributed by atoms with Gasteiger partial charge in [-0.1, -0.05) is 0 Å². The van der Waals surface area contributed by atoms with Crippen molar-refractivity contribution in [3.63, 3.8) is 0 Å². The van der Waals surface area contributed by atoms with Crippen molar-refractivity contribution in [3.8, 4) is 0 Å². The van der Waals surface area contributed by atoms with E-state index in [9.17, 15) is 0 Å². The fourth-order valence-corrected chi connectivity index (χ4v) is 4.00. The van der Waals surface area contributed by atoms with Crippen LogP contribution >= 0.6 is 27.3 Å². The standard InChI is InChI=1S/C18H25BrN4OS/c1-4-24-14(3)18-21-15(12-25-18)11-22-5-7-23(8-6-22)17-9-13(2)16(19)10-20-17/h9-10,12,14H,4-8,11H2,1-3H3. The van der Waals surface area contributed by atoms with Gasteiger partial charge < -0.3 is 9.64 Å². The number of halogens is 1. The highest BCUT2D eigenvalue weighted by Crippen LogP contribution is 2.23. The fraction of sp³-hybridized carbons (Fsp3) is 0.556. The van der Waals surface area contributed by atoms with E-state index in [0.29, 0.717) is 0 Å². The third-order valence-electron chi connectivity index (χ3n) is 4.45. The molecule has 1 unspecified atom stereocenters. The first kappa shape index (κ1) is 18.8. The minimum atomic E-state index is 0.0901. The number of thiazole rings is 1. The van der Waals surface area contributed by atoms with Gasteiger partial charge in [0.05, 0.1) is 5.69 Å². The maximum Gasteiger partial charge on any atom is 0.128 e.